The lowest BCUT2D eigenvalue weighted by Crippen LogP contribution is -2.27. The van der Waals surface area contributed by atoms with Crippen LogP contribution in [0.25, 0.3) is 0 Å². The SMILES string of the molecule is CC(C)(C)OOC(C)(C)C.CCCCC(CC)COC(=O)O. The van der Waals surface area contributed by atoms with E-state index in [-0.39, 0.29) is 11.2 Å². The Labute approximate surface area is 136 Å². The highest BCUT2D eigenvalue weighted by molar-refractivity contribution is 5.56. The summed E-state index contributed by atoms with van der Waals surface area (Å²) in [7, 11) is 0. The molecule has 1 N–H and O–H groups in total. The third-order valence-corrected chi connectivity index (χ3v) is 2.53. The zero-order valence-electron chi connectivity index (χ0n) is 15.7. The monoisotopic (exact) mass is 320 g/mol. The molecule has 5 heteroatoms. The molecule has 0 aliphatic carbocycles. The van der Waals surface area contributed by atoms with Gasteiger partial charge in [-0.05, 0) is 53.9 Å². The van der Waals surface area contributed by atoms with E-state index in [1.165, 1.54) is 0 Å². The molecule has 0 aromatic rings. The highest BCUT2D eigenvalue weighted by Crippen LogP contribution is 2.14. The average Bonchev–Trinajstić information content (AvgIpc) is 2.36. The van der Waals surface area contributed by atoms with Crippen molar-refractivity contribution in [1.82, 2.24) is 0 Å². The van der Waals surface area contributed by atoms with Crippen molar-refractivity contribution in [1.29, 1.82) is 0 Å². The van der Waals surface area contributed by atoms with E-state index < -0.39 is 6.16 Å². The third kappa shape index (κ3) is 21.5. The van der Waals surface area contributed by atoms with Gasteiger partial charge in [-0.25, -0.2) is 14.6 Å². The fourth-order valence-corrected chi connectivity index (χ4v) is 1.34. The van der Waals surface area contributed by atoms with E-state index in [1.54, 1.807) is 0 Å². The predicted octanol–water partition coefficient (Wildman–Crippen LogP) is 5.43. The standard InChI is InChI=1S/C9H18O3.C8H18O2/c1-3-5-6-8(4-2)7-12-9(10)11;1-7(2,3)9-10-8(4,5)6/h8H,3-7H2,1-2H3,(H,10,11);1-6H3. The van der Waals surface area contributed by atoms with E-state index in [9.17, 15) is 4.79 Å². The second kappa shape index (κ2) is 11.7. The van der Waals surface area contributed by atoms with Crippen molar-refractivity contribution in [3.63, 3.8) is 0 Å². The van der Waals surface area contributed by atoms with Gasteiger partial charge >= 0.3 is 6.16 Å². The van der Waals surface area contributed by atoms with Crippen LogP contribution in [-0.2, 0) is 14.5 Å². The first-order valence-electron chi connectivity index (χ1n) is 8.13. The van der Waals surface area contributed by atoms with Crippen LogP contribution in [0.1, 0.15) is 81.1 Å². The lowest BCUT2D eigenvalue weighted by Gasteiger charge is -2.24. The first-order chi connectivity index (χ1) is 9.91. The molecule has 22 heavy (non-hydrogen) atoms. The molecule has 0 aromatic heterocycles. The van der Waals surface area contributed by atoms with Gasteiger partial charge in [-0.3, -0.25) is 0 Å². The van der Waals surface area contributed by atoms with Gasteiger partial charge in [0.25, 0.3) is 0 Å². The maximum Gasteiger partial charge on any atom is 0.505 e. The summed E-state index contributed by atoms with van der Waals surface area (Å²) in [5.41, 5.74) is -0.430. The highest BCUT2D eigenvalue weighted by atomic mass is 17.2. The number of unbranched alkanes of at least 4 members (excludes halogenated alkanes) is 1. The van der Waals surface area contributed by atoms with Crippen molar-refractivity contribution < 1.29 is 24.4 Å². The van der Waals surface area contributed by atoms with Gasteiger partial charge in [0.2, 0.25) is 0 Å². The lowest BCUT2D eigenvalue weighted by atomic mass is 10.0. The molecule has 0 fully saturated rings. The summed E-state index contributed by atoms with van der Waals surface area (Å²) in [6, 6.07) is 0. The quantitative estimate of drug-likeness (QED) is 0.385. The van der Waals surface area contributed by atoms with Crippen LogP contribution >= 0.6 is 0 Å². The van der Waals surface area contributed by atoms with Gasteiger partial charge in [0.15, 0.2) is 0 Å². The Hall–Kier alpha value is -0.810. The van der Waals surface area contributed by atoms with Crippen molar-refractivity contribution in [2.45, 2.75) is 92.3 Å². The maximum atomic E-state index is 10.1. The van der Waals surface area contributed by atoms with Crippen LogP contribution in [0.15, 0.2) is 0 Å². The van der Waals surface area contributed by atoms with Gasteiger partial charge in [-0.1, -0.05) is 33.1 Å². The number of rotatable bonds is 7. The first-order valence-corrected chi connectivity index (χ1v) is 8.13. The summed E-state index contributed by atoms with van der Waals surface area (Å²) in [6.07, 6.45) is 3.21. The van der Waals surface area contributed by atoms with Crippen molar-refractivity contribution in [3.8, 4) is 0 Å². The second-order valence-electron chi connectivity index (χ2n) is 7.38. The second-order valence-corrected chi connectivity index (χ2v) is 7.38. The van der Waals surface area contributed by atoms with Gasteiger partial charge in [-0.15, -0.1) is 0 Å². The molecule has 1 atom stereocenters. The van der Waals surface area contributed by atoms with E-state index in [2.05, 4.69) is 18.6 Å². The highest BCUT2D eigenvalue weighted by Gasteiger charge is 2.18. The zero-order valence-corrected chi connectivity index (χ0v) is 15.7. The van der Waals surface area contributed by atoms with E-state index in [1.807, 2.05) is 41.5 Å². The van der Waals surface area contributed by atoms with E-state index in [0.29, 0.717) is 12.5 Å². The summed E-state index contributed by atoms with van der Waals surface area (Å²) >= 11 is 0. The van der Waals surface area contributed by atoms with Gasteiger partial charge in [0.1, 0.15) is 0 Å². The van der Waals surface area contributed by atoms with Crippen LogP contribution in [0, 0.1) is 5.92 Å². The smallest absolute Gasteiger partial charge is 0.450 e. The number of hydrogen-bond donors (Lipinski definition) is 1. The summed E-state index contributed by atoms with van der Waals surface area (Å²) in [5.74, 6) is 0.404. The molecule has 5 nitrogen and oxygen atoms in total. The molecular formula is C17H36O5. The Morgan fingerprint density at radius 2 is 1.45 bits per heavy atom. The Balaban J connectivity index is 0. The average molecular weight is 320 g/mol. The van der Waals surface area contributed by atoms with Gasteiger partial charge < -0.3 is 9.84 Å². The van der Waals surface area contributed by atoms with E-state index in [4.69, 9.17) is 14.9 Å². The van der Waals surface area contributed by atoms with Gasteiger partial charge in [0.05, 0.1) is 17.8 Å². The normalized spacial score (nSPS) is 13.1. The predicted molar refractivity (Wildman–Crippen MR) is 89.0 cm³/mol. The van der Waals surface area contributed by atoms with Crippen LogP contribution in [0.2, 0.25) is 0 Å². The largest absolute Gasteiger partial charge is 0.505 e. The molecule has 0 aliphatic heterocycles. The molecule has 0 rings (SSSR count). The van der Waals surface area contributed by atoms with Crippen molar-refractivity contribution in [2.75, 3.05) is 6.61 Å². The fraction of sp³-hybridized carbons (Fsp3) is 0.941. The summed E-state index contributed by atoms with van der Waals surface area (Å²) in [4.78, 5) is 20.3. The fourth-order valence-electron chi connectivity index (χ4n) is 1.34. The Kier molecular flexibility index (Phi) is 12.5. The van der Waals surface area contributed by atoms with Crippen LogP contribution < -0.4 is 0 Å². The number of hydrogen-bond acceptors (Lipinski definition) is 4. The van der Waals surface area contributed by atoms with E-state index in [0.717, 1.165) is 25.7 Å². The molecule has 0 aliphatic rings. The Bertz CT molecular complexity index is 262. The van der Waals surface area contributed by atoms with Crippen molar-refractivity contribution in [2.24, 2.45) is 5.92 Å². The number of carbonyl (C=O) groups is 1. The number of carboxylic acid groups (broad SMARTS) is 1. The summed E-state index contributed by atoms with van der Waals surface area (Å²) in [5, 5.41) is 8.26. The van der Waals surface area contributed by atoms with E-state index >= 15 is 0 Å². The van der Waals surface area contributed by atoms with Crippen molar-refractivity contribution >= 4 is 6.16 Å². The van der Waals surface area contributed by atoms with Crippen LogP contribution in [0.5, 0.6) is 0 Å². The molecular weight excluding hydrogens is 284 g/mol. The van der Waals surface area contributed by atoms with Crippen LogP contribution in [-0.4, -0.2) is 29.1 Å². The third-order valence-electron chi connectivity index (χ3n) is 2.53. The van der Waals surface area contributed by atoms with Crippen LogP contribution in [0.4, 0.5) is 4.79 Å². The van der Waals surface area contributed by atoms with Crippen LogP contribution in [0.3, 0.4) is 0 Å². The first kappa shape index (κ1) is 23.5. The number of ether oxygens (including phenoxy) is 1. The maximum absolute atomic E-state index is 10.1. The minimum absolute atomic E-state index is 0.215. The summed E-state index contributed by atoms with van der Waals surface area (Å²) in [6.45, 7) is 16.3. The van der Waals surface area contributed by atoms with Crippen molar-refractivity contribution in [3.05, 3.63) is 0 Å². The molecule has 0 saturated carbocycles. The molecule has 0 spiro atoms. The minimum Gasteiger partial charge on any atom is -0.450 e. The molecule has 0 heterocycles. The Morgan fingerprint density at radius 1 is 1.00 bits per heavy atom. The molecule has 0 bridgehead atoms. The Morgan fingerprint density at radius 3 is 1.73 bits per heavy atom. The topological polar surface area (TPSA) is 65.0 Å². The summed E-state index contributed by atoms with van der Waals surface area (Å²) < 4.78 is 4.51. The van der Waals surface area contributed by atoms with Gasteiger partial charge in [0, 0.05) is 0 Å². The molecule has 0 aromatic carbocycles. The molecule has 0 amide bonds. The zero-order chi connectivity index (χ0) is 17.8. The lowest BCUT2D eigenvalue weighted by molar-refractivity contribution is -0.393. The van der Waals surface area contributed by atoms with Gasteiger partial charge in [-0.2, -0.15) is 0 Å². The molecule has 0 saturated heterocycles. The molecule has 1 unspecified atom stereocenters. The molecule has 134 valence electrons. The molecule has 0 radical (unpaired) electrons. The minimum atomic E-state index is -1.16.